The Bertz CT molecular complexity index is 1680. The van der Waals surface area contributed by atoms with E-state index in [2.05, 4.69) is 66.7 Å². The number of aromatic nitrogens is 2. The summed E-state index contributed by atoms with van der Waals surface area (Å²) in [5.74, 6) is 1.92. The van der Waals surface area contributed by atoms with Gasteiger partial charge in [0.25, 0.3) is 5.91 Å². The van der Waals surface area contributed by atoms with Gasteiger partial charge in [-0.3, -0.25) is 9.59 Å². The highest BCUT2D eigenvalue weighted by molar-refractivity contribution is 5.94. The molecule has 0 spiro atoms. The molecular formula is C39H49N7O3. The largest absolute Gasteiger partial charge is 0.424 e. The number of hydrogen-bond donors (Lipinski definition) is 3. The number of amides is 2. The van der Waals surface area contributed by atoms with Gasteiger partial charge in [0.1, 0.15) is 11.5 Å². The van der Waals surface area contributed by atoms with Crippen molar-refractivity contribution in [3.05, 3.63) is 88.1 Å². The van der Waals surface area contributed by atoms with Gasteiger partial charge in [-0.05, 0) is 117 Å². The van der Waals surface area contributed by atoms with Crippen LogP contribution in [-0.2, 0) is 23.1 Å². The quantitative estimate of drug-likeness (QED) is 0.269. The van der Waals surface area contributed by atoms with Crippen LogP contribution in [-0.4, -0.2) is 66.2 Å². The average molecular weight is 664 g/mol. The molecule has 3 aliphatic rings. The fraction of sp³-hybridized carbons (Fsp3) is 0.513. The number of carbonyl (C=O) groups excluding carboxylic acids is 2. The van der Waals surface area contributed by atoms with Gasteiger partial charge in [-0.15, -0.1) is 10.2 Å². The Morgan fingerprint density at radius 2 is 1.69 bits per heavy atom. The standard InChI is InChI=1S/C39H49N7O3/c1-24-8-10-27(11-9-24)37-44-45-38(49-37)39(21-25(2)43-23-35(47)46-18-6-7-32(46)22-40)33-16-14-28(26(3)41-4)19-29(33)12-13-30-20-31(36(48)42-5)15-17-34(30)39/h14-17,19-20,24-25,27,32,41,43H,3,6-13,18,21,23H2,1-2,4-5H3,(H,42,48)/t24?,25-,27?,32?,39?/m1/s1. The van der Waals surface area contributed by atoms with Gasteiger partial charge in [-0.25, -0.2) is 0 Å². The Kier molecular flexibility index (Phi) is 10.2. The second-order valence-corrected chi connectivity index (χ2v) is 14.2. The monoisotopic (exact) mass is 663 g/mol. The van der Waals surface area contributed by atoms with E-state index in [1.165, 1.54) is 0 Å². The van der Waals surface area contributed by atoms with Crippen LogP contribution in [0.3, 0.4) is 0 Å². The molecule has 2 fully saturated rings. The van der Waals surface area contributed by atoms with E-state index >= 15 is 0 Å². The first-order valence-electron chi connectivity index (χ1n) is 17.8. The third-order valence-corrected chi connectivity index (χ3v) is 11.0. The zero-order valence-electron chi connectivity index (χ0n) is 29.3. The number of rotatable bonds is 10. The summed E-state index contributed by atoms with van der Waals surface area (Å²) in [6, 6.07) is 14.1. The summed E-state index contributed by atoms with van der Waals surface area (Å²) >= 11 is 0. The van der Waals surface area contributed by atoms with E-state index in [-0.39, 0.29) is 36.4 Å². The summed E-state index contributed by atoms with van der Waals surface area (Å²) in [5.41, 5.74) is 5.86. The number of aryl methyl sites for hydroxylation is 2. The average Bonchev–Trinajstić information content (AvgIpc) is 3.80. The summed E-state index contributed by atoms with van der Waals surface area (Å²) in [6.45, 7) is 9.34. The summed E-state index contributed by atoms with van der Waals surface area (Å²) in [6.07, 6.45) is 7.87. The molecule has 49 heavy (non-hydrogen) atoms. The van der Waals surface area contributed by atoms with E-state index in [1.54, 1.807) is 11.9 Å². The van der Waals surface area contributed by atoms with Crippen LogP contribution >= 0.6 is 0 Å². The van der Waals surface area contributed by atoms with Crippen LogP contribution in [0.1, 0.15) is 115 Å². The fourth-order valence-corrected chi connectivity index (χ4v) is 8.18. The van der Waals surface area contributed by atoms with Gasteiger partial charge in [0, 0.05) is 43.9 Å². The number of likely N-dealkylation sites (tertiary alicyclic amines) is 1. The highest BCUT2D eigenvalue weighted by Crippen LogP contribution is 2.49. The summed E-state index contributed by atoms with van der Waals surface area (Å²) in [7, 11) is 3.52. The smallest absolute Gasteiger partial charge is 0.251 e. The number of nitrogens with zero attached hydrogens (tertiary/aromatic N) is 4. The molecule has 10 heteroatoms. The van der Waals surface area contributed by atoms with Gasteiger partial charge in [0.2, 0.25) is 17.7 Å². The lowest BCUT2D eigenvalue weighted by atomic mass is 9.68. The van der Waals surface area contributed by atoms with Gasteiger partial charge in [-0.2, -0.15) is 5.26 Å². The highest BCUT2D eigenvalue weighted by Gasteiger charge is 2.47. The van der Waals surface area contributed by atoms with Crippen LogP contribution < -0.4 is 16.0 Å². The van der Waals surface area contributed by atoms with Crippen LogP contribution in [0.25, 0.3) is 5.70 Å². The molecule has 6 rings (SSSR count). The minimum Gasteiger partial charge on any atom is -0.424 e. The molecule has 258 valence electrons. The van der Waals surface area contributed by atoms with E-state index in [9.17, 15) is 14.9 Å². The molecule has 1 saturated heterocycles. The molecule has 2 amide bonds. The van der Waals surface area contributed by atoms with Gasteiger partial charge in [-0.1, -0.05) is 31.7 Å². The van der Waals surface area contributed by atoms with Crippen molar-refractivity contribution in [3.8, 4) is 6.07 Å². The lowest BCUT2D eigenvalue weighted by Crippen LogP contribution is -2.45. The predicted molar refractivity (Wildman–Crippen MR) is 189 cm³/mol. The van der Waals surface area contributed by atoms with E-state index in [1.807, 2.05) is 19.2 Å². The first kappa shape index (κ1) is 34.4. The van der Waals surface area contributed by atoms with Crippen molar-refractivity contribution in [3.63, 3.8) is 0 Å². The molecule has 3 aromatic rings. The number of nitriles is 1. The molecule has 1 aliphatic heterocycles. The molecule has 3 atom stereocenters. The molecule has 1 aromatic heterocycles. The maximum Gasteiger partial charge on any atom is 0.251 e. The van der Waals surface area contributed by atoms with Crippen molar-refractivity contribution in [2.75, 3.05) is 27.2 Å². The molecule has 0 bridgehead atoms. The molecule has 2 unspecified atom stereocenters. The molecule has 3 N–H and O–H groups in total. The number of carbonyl (C=O) groups is 2. The second kappa shape index (κ2) is 14.6. The Balaban J connectivity index is 1.47. The topological polar surface area (TPSA) is 136 Å². The summed E-state index contributed by atoms with van der Waals surface area (Å²) in [4.78, 5) is 27.8. The van der Waals surface area contributed by atoms with E-state index in [0.29, 0.717) is 42.6 Å². The normalized spacial score (nSPS) is 23.8. The fourth-order valence-electron chi connectivity index (χ4n) is 8.18. The summed E-state index contributed by atoms with van der Waals surface area (Å²) < 4.78 is 6.83. The molecular weight excluding hydrogens is 614 g/mol. The van der Waals surface area contributed by atoms with E-state index < -0.39 is 5.41 Å². The number of benzene rings is 2. The second-order valence-electron chi connectivity index (χ2n) is 14.2. The van der Waals surface area contributed by atoms with Crippen LogP contribution in [0.5, 0.6) is 0 Å². The number of fused-ring (bicyclic) bond motifs is 2. The van der Waals surface area contributed by atoms with Crippen molar-refractivity contribution in [1.29, 1.82) is 5.26 Å². The van der Waals surface area contributed by atoms with E-state index in [0.717, 1.165) is 78.5 Å². The highest BCUT2D eigenvalue weighted by atomic mass is 16.4. The van der Waals surface area contributed by atoms with Crippen molar-refractivity contribution in [2.24, 2.45) is 5.92 Å². The Morgan fingerprint density at radius 3 is 2.35 bits per heavy atom. The van der Waals surface area contributed by atoms with Crippen LogP contribution in [0.4, 0.5) is 0 Å². The third kappa shape index (κ3) is 6.73. The third-order valence-electron chi connectivity index (χ3n) is 11.0. The van der Waals surface area contributed by atoms with Crippen molar-refractivity contribution >= 4 is 17.5 Å². The van der Waals surface area contributed by atoms with Crippen LogP contribution in [0.15, 0.2) is 47.4 Å². The van der Waals surface area contributed by atoms with E-state index in [4.69, 9.17) is 14.6 Å². The molecule has 2 aromatic carbocycles. The van der Waals surface area contributed by atoms with Gasteiger partial charge in [0.05, 0.1) is 12.6 Å². The summed E-state index contributed by atoms with van der Waals surface area (Å²) in [5, 5.41) is 28.6. The van der Waals surface area contributed by atoms with Gasteiger partial charge < -0.3 is 25.3 Å². The SMILES string of the molecule is C=C(NC)c1ccc2c(c1)CCc1cc(C(=O)NC)ccc1C2(C[C@@H](C)NCC(=O)N1CCCC1C#N)c1nnc(C2CCC(C)CC2)o1. The Labute approximate surface area is 289 Å². The van der Waals surface area contributed by atoms with Crippen LogP contribution in [0, 0.1) is 17.2 Å². The van der Waals surface area contributed by atoms with Gasteiger partial charge in [0.15, 0.2) is 0 Å². The van der Waals surface area contributed by atoms with Crippen LogP contribution in [0.2, 0.25) is 0 Å². The van der Waals surface area contributed by atoms with Crippen molar-refractivity contribution in [1.82, 2.24) is 31.0 Å². The predicted octanol–water partition coefficient (Wildman–Crippen LogP) is 5.23. The number of nitrogens with one attached hydrogen (secondary N) is 3. The first-order chi connectivity index (χ1) is 23.7. The maximum absolute atomic E-state index is 13.3. The minimum atomic E-state index is -0.868. The lowest BCUT2D eigenvalue weighted by Gasteiger charge is -2.36. The van der Waals surface area contributed by atoms with Gasteiger partial charge >= 0.3 is 0 Å². The molecule has 2 aliphatic carbocycles. The van der Waals surface area contributed by atoms with Crippen molar-refractivity contribution in [2.45, 2.75) is 95.1 Å². The molecule has 2 heterocycles. The minimum absolute atomic E-state index is 0.0661. The maximum atomic E-state index is 13.3. The Morgan fingerprint density at radius 1 is 1.02 bits per heavy atom. The molecule has 1 saturated carbocycles. The first-order valence-corrected chi connectivity index (χ1v) is 17.8. The molecule has 10 nitrogen and oxygen atoms in total. The zero-order valence-corrected chi connectivity index (χ0v) is 29.3. The Hall–Kier alpha value is -4.49. The van der Waals surface area contributed by atoms with Crippen molar-refractivity contribution < 1.29 is 14.0 Å². The lowest BCUT2D eigenvalue weighted by molar-refractivity contribution is -0.130. The number of hydrogen-bond acceptors (Lipinski definition) is 8. The molecule has 0 radical (unpaired) electrons. The zero-order chi connectivity index (χ0) is 34.7.